The van der Waals surface area contributed by atoms with Crippen LogP contribution in [-0.2, 0) is 14.8 Å². The van der Waals surface area contributed by atoms with E-state index in [9.17, 15) is 18.5 Å². The molecule has 3 N–H and O–H groups in total. The van der Waals surface area contributed by atoms with E-state index >= 15 is 0 Å². The number of rotatable bonds is 7. The lowest BCUT2D eigenvalue weighted by Gasteiger charge is -2.26. The summed E-state index contributed by atoms with van der Waals surface area (Å²) in [7, 11) is -4.07. The van der Waals surface area contributed by atoms with Crippen LogP contribution in [0.2, 0.25) is 0 Å². The smallest absolute Gasteiger partial charge is 0.295 e. The summed E-state index contributed by atoms with van der Waals surface area (Å²) in [6.07, 6.45) is 1.54. The molecule has 0 aliphatic carbocycles. The van der Waals surface area contributed by atoms with Crippen molar-refractivity contribution in [3.8, 4) is 11.3 Å². The molecular formula is C20H20N6O5S2. The number of hydrazone groups is 1. The highest BCUT2D eigenvalue weighted by atomic mass is 32.2. The van der Waals surface area contributed by atoms with E-state index in [-0.39, 0.29) is 10.6 Å². The molecule has 4 rings (SSSR count). The molecule has 1 saturated heterocycles. The van der Waals surface area contributed by atoms with Gasteiger partial charge < -0.3 is 9.64 Å². The SMILES string of the molecule is NS(=O)(=O)c1ccc(N/N=C/c2sc(N3CCOCC3)nc2-c2ccccc2)c([N+](=O)[O-])c1. The van der Waals surface area contributed by atoms with Crippen molar-refractivity contribution in [2.24, 2.45) is 10.2 Å². The van der Waals surface area contributed by atoms with Gasteiger partial charge in [0.1, 0.15) is 5.69 Å². The van der Waals surface area contributed by atoms with Gasteiger partial charge in [-0.05, 0) is 12.1 Å². The zero-order valence-corrected chi connectivity index (χ0v) is 18.9. The van der Waals surface area contributed by atoms with Crippen molar-refractivity contribution in [1.82, 2.24) is 4.98 Å². The van der Waals surface area contributed by atoms with E-state index in [0.29, 0.717) is 13.2 Å². The van der Waals surface area contributed by atoms with Gasteiger partial charge in [0.15, 0.2) is 5.13 Å². The number of nitro benzene ring substituents is 1. The van der Waals surface area contributed by atoms with Crippen LogP contribution in [0.3, 0.4) is 0 Å². The van der Waals surface area contributed by atoms with Crippen LogP contribution >= 0.6 is 11.3 Å². The van der Waals surface area contributed by atoms with Crippen LogP contribution in [0.5, 0.6) is 0 Å². The Balaban J connectivity index is 1.64. The quantitative estimate of drug-likeness (QED) is 0.292. The normalized spacial score (nSPS) is 14.5. The lowest BCUT2D eigenvalue weighted by atomic mass is 10.1. The lowest BCUT2D eigenvalue weighted by molar-refractivity contribution is -0.384. The van der Waals surface area contributed by atoms with Crippen molar-refractivity contribution in [2.75, 3.05) is 36.6 Å². The molecule has 0 radical (unpaired) electrons. The summed E-state index contributed by atoms with van der Waals surface area (Å²) in [6, 6.07) is 13.0. The van der Waals surface area contributed by atoms with E-state index in [1.165, 1.54) is 23.5 Å². The average Bonchev–Trinajstić information content (AvgIpc) is 3.24. The number of thiazole rings is 1. The fourth-order valence-corrected chi connectivity index (χ4v) is 4.74. The van der Waals surface area contributed by atoms with E-state index in [2.05, 4.69) is 15.4 Å². The van der Waals surface area contributed by atoms with Gasteiger partial charge >= 0.3 is 0 Å². The van der Waals surface area contributed by atoms with Crippen molar-refractivity contribution >= 4 is 44.1 Å². The van der Waals surface area contributed by atoms with Crippen molar-refractivity contribution in [2.45, 2.75) is 4.90 Å². The maximum Gasteiger partial charge on any atom is 0.295 e. The molecule has 1 aliphatic heterocycles. The van der Waals surface area contributed by atoms with E-state index in [4.69, 9.17) is 14.9 Å². The Bertz CT molecular complexity index is 1290. The predicted molar refractivity (Wildman–Crippen MR) is 126 cm³/mol. The molecule has 1 aromatic heterocycles. The molecule has 172 valence electrons. The number of aromatic nitrogens is 1. The standard InChI is InChI=1S/C20H20N6O5S2/c21-33(29,30)15-6-7-16(17(12-15)26(27)28)24-22-13-18-19(14-4-2-1-3-5-14)23-20(32-18)25-8-10-31-11-9-25/h1-7,12-13,24H,8-11H2,(H2,21,29,30)/b22-13+. The fraction of sp³-hybridized carbons (Fsp3) is 0.200. The van der Waals surface area contributed by atoms with Crippen LogP contribution in [0.1, 0.15) is 4.88 Å². The summed E-state index contributed by atoms with van der Waals surface area (Å²) in [5, 5.41) is 21.5. The third-order valence-corrected chi connectivity index (χ3v) is 6.79. The highest BCUT2D eigenvalue weighted by Gasteiger charge is 2.20. The summed E-state index contributed by atoms with van der Waals surface area (Å²) in [6.45, 7) is 2.73. The predicted octanol–water partition coefficient (Wildman–Crippen LogP) is 2.65. The number of nitrogens with zero attached hydrogens (tertiary/aromatic N) is 4. The molecule has 0 spiro atoms. The van der Waals surface area contributed by atoms with Gasteiger partial charge in [0, 0.05) is 24.7 Å². The molecule has 0 unspecified atom stereocenters. The van der Waals surface area contributed by atoms with Crippen LogP contribution in [0.4, 0.5) is 16.5 Å². The molecular weight excluding hydrogens is 468 g/mol. The van der Waals surface area contributed by atoms with E-state index in [1.54, 1.807) is 6.21 Å². The highest BCUT2D eigenvalue weighted by Crippen LogP contribution is 2.33. The van der Waals surface area contributed by atoms with Gasteiger partial charge in [-0.3, -0.25) is 15.5 Å². The molecule has 1 fully saturated rings. The molecule has 0 amide bonds. The Morgan fingerprint density at radius 3 is 2.61 bits per heavy atom. The number of anilines is 2. The Morgan fingerprint density at radius 2 is 1.94 bits per heavy atom. The molecule has 2 heterocycles. The number of primary sulfonamides is 1. The molecule has 0 atom stereocenters. The first kappa shape index (κ1) is 22.8. The summed E-state index contributed by atoms with van der Waals surface area (Å²) in [5.74, 6) is 0. The average molecular weight is 489 g/mol. The maximum atomic E-state index is 11.5. The Labute approximate surface area is 193 Å². The Hall–Kier alpha value is -3.39. The number of ether oxygens (including phenoxy) is 1. The largest absolute Gasteiger partial charge is 0.378 e. The van der Waals surface area contributed by atoms with E-state index < -0.39 is 20.6 Å². The minimum Gasteiger partial charge on any atom is -0.378 e. The molecule has 33 heavy (non-hydrogen) atoms. The van der Waals surface area contributed by atoms with Crippen LogP contribution in [0.25, 0.3) is 11.3 Å². The van der Waals surface area contributed by atoms with E-state index in [0.717, 1.165) is 40.4 Å². The molecule has 0 bridgehead atoms. The van der Waals surface area contributed by atoms with Crippen LogP contribution in [0.15, 0.2) is 58.5 Å². The number of hydrogen-bond donors (Lipinski definition) is 2. The first-order valence-electron chi connectivity index (χ1n) is 9.82. The van der Waals surface area contributed by atoms with Crippen LogP contribution in [-0.4, -0.2) is 50.8 Å². The monoisotopic (exact) mass is 488 g/mol. The Kier molecular flexibility index (Phi) is 6.65. The molecule has 3 aromatic rings. The molecule has 11 nitrogen and oxygen atoms in total. The van der Waals surface area contributed by atoms with Gasteiger partial charge in [-0.15, -0.1) is 0 Å². The Morgan fingerprint density at radius 1 is 1.21 bits per heavy atom. The molecule has 13 heteroatoms. The van der Waals surface area contributed by atoms with Crippen LogP contribution < -0.4 is 15.5 Å². The summed E-state index contributed by atoms with van der Waals surface area (Å²) >= 11 is 1.45. The number of hydrogen-bond acceptors (Lipinski definition) is 10. The molecule has 0 saturated carbocycles. The second kappa shape index (κ2) is 9.62. The maximum absolute atomic E-state index is 11.5. The van der Waals surface area contributed by atoms with Crippen molar-refractivity contribution < 1.29 is 18.1 Å². The van der Waals surface area contributed by atoms with Gasteiger partial charge in [-0.1, -0.05) is 41.7 Å². The number of sulfonamides is 1. The van der Waals surface area contributed by atoms with Crippen molar-refractivity contribution in [3.63, 3.8) is 0 Å². The van der Waals surface area contributed by atoms with Crippen LogP contribution in [0, 0.1) is 10.1 Å². The number of benzene rings is 2. The zero-order chi connectivity index (χ0) is 23.4. The first-order valence-corrected chi connectivity index (χ1v) is 12.2. The van der Waals surface area contributed by atoms with Crippen molar-refractivity contribution in [3.05, 3.63) is 63.5 Å². The lowest BCUT2D eigenvalue weighted by Crippen LogP contribution is -2.36. The zero-order valence-electron chi connectivity index (χ0n) is 17.2. The third kappa shape index (κ3) is 5.34. The summed E-state index contributed by atoms with van der Waals surface area (Å²) in [4.78, 5) is 18.0. The van der Waals surface area contributed by atoms with Crippen molar-refractivity contribution in [1.29, 1.82) is 0 Å². The number of morpholine rings is 1. The van der Waals surface area contributed by atoms with Gasteiger partial charge in [0.25, 0.3) is 5.69 Å². The van der Waals surface area contributed by atoms with E-state index in [1.807, 2.05) is 30.3 Å². The third-order valence-electron chi connectivity index (χ3n) is 4.83. The number of nitrogens with one attached hydrogen (secondary N) is 1. The first-order chi connectivity index (χ1) is 15.8. The van der Waals surface area contributed by atoms with Gasteiger partial charge in [0.05, 0.1) is 39.8 Å². The highest BCUT2D eigenvalue weighted by molar-refractivity contribution is 7.89. The minimum absolute atomic E-state index is 0.0304. The summed E-state index contributed by atoms with van der Waals surface area (Å²) < 4.78 is 28.4. The molecule has 2 aromatic carbocycles. The number of nitro groups is 1. The number of nitrogens with two attached hydrogens (primary N) is 1. The van der Waals surface area contributed by atoms with Gasteiger partial charge in [-0.2, -0.15) is 5.10 Å². The van der Waals surface area contributed by atoms with Gasteiger partial charge in [0.2, 0.25) is 10.0 Å². The molecule has 1 aliphatic rings. The second-order valence-electron chi connectivity index (χ2n) is 7.03. The van der Waals surface area contributed by atoms with Gasteiger partial charge in [-0.25, -0.2) is 18.5 Å². The fourth-order valence-electron chi connectivity index (χ4n) is 3.19. The topological polar surface area (TPSA) is 153 Å². The summed E-state index contributed by atoms with van der Waals surface area (Å²) in [5.41, 5.74) is 3.86. The second-order valence-corrected chi connectivity index (χ2v) is 9.60. The minimum atomic E-state index is -4.07.